The van der Waals surface area contributed by atoms with Crippen molar-refractivity contribution in [2.45, 2.75) is 19.8 Å². The molecular formula is C11H16ClNO. The first-order valence-electron chi connectivity index (χ1n) is 4.90. The van der Waals surface area contributed by atoms with Crippen LogP contribution < -0.4 is 0 Å². The second kappa shape index (κ2) is 6.02. The van der Waals surface area contributed by atoms with E-state index >= 15 is 0 Å². The van der Waals surface area contributed by atoms with E-state index in [2.05, 4.69) is 0 Å². The van der Waals surface area contributed by atoms with E-state index in [1.165, 1.54) is 5.06 Å². The number of rotatable bonds is 5. The lowest BCUT2D eigenvalue weighted by molar-refractivity contribution is -0.0893. The molecule has 0 aliphatic heterocycles. The standard InChI is InChI=1S/C11H16ClNO/c1-2-7-13(14)8-6-10-4-3-5-11(12)9-10/h3-5,9,14H,2,6-8H2,1H3. The summed E-state index contributed by atoms with van der Waals surface area (Å²) in [5.74, 6) is 0. The number of benzene rings is 1. The first-order chi connectivity index (χ1) is 6.72. The Labute approximate surface area is 90.1 Å². The second-order valence-electron chi connectivity index (χ2n) is 3.33. The van der Waals surface area contributed by atoms with Gasteiger partial charge in [0, 0.05) is 18.1 Å². The topological polar surface area (TPSA) is 23.5 Å². The molecule has 0 radical (unpaired) electrons. The van der Waals surface area contributed by atoms with Crippen molar-refractivity contribution < 1.29 is 5.21 Å². The molecule has 0 bridgehead atoms. The van der Waals surface area contributed by atoms with Crippen molar-refractivity contribution in [2.75, 3.05) is 13.1 Å². The van der Waals surface area contributed by atoms with Crippen molar-refractivity contribution in [3.63, 3.8) is 0 Å². The largest absolute Gasteiger partial charge is 0.314 e. The van der Waals surface area contributed by atoms with Crippen molar-refractivity contribution in [3.05, 3.63) is 34.9 Å². The van der Waals surface area contributed by atoms with Gasteiger partial charge in [0.1, 0.15) is 0 Å². The molecule has 0 fully saturated rings. The van der Waals surface area contributed by atoms with E-state index < -0.39 is 0 Å². The van der Waals surface area contributed by atoms with Crippen molar-refractivity contribution >= 4 is 11.6 Å². The number of hydroxylamine groups is 2. The quantitative estimate of drug-likeness (QED) is 0.761. The first-order valence-corrected chi connectivity index (χ1v) is 5.28. The Morgan fingerprint density at radius 2 is 2.14 bits per heavy atom. The lowest BCUT2D eigenvalue weighted by Gasteiger charge is -2.13. The third-order valence-corrected chi connectivity index (χ3v) is 2.26. The third-order valence-electron chi connectivity index (χ3n) is 2.03. The molecule has 1 rings (SSSR count). The summed E-state index contributed by atoms with van der Waals surface area (Å²) in [5.41, 5.74) is 1.16. The Hall–Kier alpha value is -0.570. The van der Waals surface area contributed by atoms with Gasteiger partial charge >= 0.3 is 0 Å². The molecule has 78 valence electrons. The van der Waals surface area contributed by atoms with Gasteiger partial charge in [0.25, 0.3) is 0 Å². The molecule has 14 heavy (non-hydrogen) atoms. The Kier molecular flexibility index (Phi) is 4.94. The van der Waals surface area contributed by atoms with E-state index in [9.17, 15) is 5.21 Å². The summed E-state index contributed by atoms with van der Waals surface area (Å²) in [7, 11) is 0. The second-order valence-corrected chi connectivity index (χ2v) is 3.77. The van der Waals surface area contributed by atoms with Crippen LogP contribution in [0.3, 0.4) is 0 Å². The fourth-order valence-corrected chi connectivity index (χ4v) is 1.53. The molecule has 0 atom stereocenters. The number of hydrogen-bond donors (Lipinski definition) is 1. The Morgan fingerprint density at radius 1 is 1.36 bits per heavy atom. The van der Waals surface area contributed by atoms with E-state index in [-0.39, 0.29) is 0 Å². The van der Waals surface area contributed by atoms with Crippen LogP contribution in [0.15, 0.2) is 24.3 Å². The van der Waals surface area contributed by atoms with Gasteiger partial charge in [-0.3, -0.25) is 0 Å². The SMILES string of the molecule is CCCN(O)CCc1cccc(Cl)c1. The molecule has 0 amide bonds. The molecule has 2 nitrogen and oxygen atoms in total. The van der Waals surface area contributed by atoms with Crippen LogP contribution >= 0.6 is 11.6 Å². The summed E-state index contributed by atoms with van der Waals surface area (Å²) >= 11 is 5.85. The molecule has 0 aliphatic rings. The summed E-state index contributed by atoms with van der Waals surface area (Å²) in [6, 6.07) is 7.74. The highest BCUT2D eigenvalue weighted by Crippen LogP contribution is 2.11. The van der Waals surface area contributed by atoms with Crippen molar-refractivity contribution in [1.82, 2.24) is 5.06 Å². The Balaban J connectivity index is 2.37. The molecule has 1 N–H and O–H groups in total. The fourth-order valence-electron chi connectivity index (χ4n) is 1.32. The molecule has 0 saturated heterocycles. The van der Waals surface area contributed by atoms with E-state index in [1.54, 1.807) is 0 Å². The highest BCUT2D eigenvalue weighted by Gasteiger charge is 1.99. The number of hydrogen-bond acceptors (Lipinski definition) is 2. The van der Waals surface area contributed by atoms with Crippen LogP contribution in [-0.4, -0.2) is 23.4 Å². The van der Waals surface area contributed by atoms with E-state index in [1.807, 2.05) is 31.2 Å². The highest BCUT2D eigenvalue weighted by molar-refractivity contribution is 6.30. The van der Waals surface area contributed by atoms with Crippen LogP contribution in [0, 0.1) is 0 Å². The number of nitrogens with zero attached hydrogens (tertiary/aromatic N) is 1. The van der Waals surface area contributed by atoms with Crippen LogP contribution in [-0.2, 0) is 6.42 Å². The summed E-state index contributed by atoms with van der Waals surface area (Å²) in [6.07, 6.45) is 1.79. The molecule has 1 aromatic carbocycles. The maximum atomic E-state index is 9.38. The zero-order chi connectivity index (χ0) is 10.4. The normalized spacial score (nSPS) is 10.9. The lowest BCUT2D eigenvalue weighted by atomic mass is 10.1. The molecule has 0 saturated carbocycles. The van der Waals surface area contributed by atoms with Gasteiger partial charge in [0.05, 0.1) is 0 Å². The van der Waals surface area contributed by atoms with Crippen LogP contribution in [0.5, 0.6) is 0 Å². The van der Waals surface area contributed by atoms with E-state index in [4.69, 9.17) is 11.6 Å². The van der Waals surface area contributed by atoms with Gasteiger partial charge < -0.3 is 5.21 Å². The summed E-state index contributed by atoms with van der Waals surface area (Å²) in [5, 5.41) is 11.5. The molecule has 0 heterocycles. The van der Waals surface area contributed by atoms with Crippen molar-refractivity contribution in [2.24, 2.45) is 0 Å². The highest BCUT2D eigenvalue weighted by atomic mass is 35.5. The van der Waals surface area contributed by atoms with Crippen molar-refractivity contribution in [3.8, 4) is 0 Å². The Bertz CT molecular complexity index is 278. The molecule has 0 spiro atoms. The van der Waals surface area contributed by atoms with Gasteiger partial charge in [-0.05, 0) is 30.5 Å². The van der Waals surface area contributed by atoms with Crippen LogP contribution in [0.1, 0.15) is 18.9 Å². The Morgan fingerprint density at radius 3 is 2.79 bits per heavy atom. The maximum Gasteiger partial charge on any atom is 0.0408 e. The van der Waals surface area contributed by atoms with Crippen LogP contribution in [0.4, 0.5) is 0 Å². The lowest BCUT2D eigenvalue weighted by Crippen LogP contribution is -2.22. The minimum absolute atomic E-state index is 0.661. The van der Waals surface area contributed by atoms with Gasteiger partial charge in [0.15, 0.2) is 0 Å². The van der Waals surface area contributed by atoms with Gasteiger partial charge in [-0.25, -0.2) is 0 Å². The van der Waals surface area contributed by atoms with E-state index in [0.717, 1.165) is 30.0 Å². The minimum Gasteiger partial charge on any atom is -0.314 e. The monoisotopic (exact) mass is 213 g/mol. The number of halogens is 1. The maximum absolute atomic E-state index is 9.38. The van der Waals surface area contributed by atoms with Crippen molar-refractivity contribution in [1.29, 1.82) is 0 Å². The van der Waals surface area contributed by atoms with Crippen LogP contribution in [0.2, 0.25) is 5.02 Å². The summed E-state index contributed by atoms with van der Waals surface area (Å²) in [4.78, 5) is 0. The minimum atomic E-state index is 0.661. The fraction of sp³-hybridized carbons (Fsp3) is 0.455. The molecular weight excluding hydrogens is 198 g/mol. The van der Waals surface area contributed by atoms with Crippen LogP contribution in [0.25, 0.3) is 0 Å². The molecule has 1 aromatic rings. The average molecular weight is 214 g/mol. The molecule has 0 aliphatic carbocycles. The molecule has 0 aromatic heterocycles. The third kappa shape index (κ3) is 4.09. The van der Waals surface area contributed by atoms with Gasteiger partial charge in [-0.2, -0.15) is 5.06 Å². The smallest absolute Gasteiger partial charge is 0.0408 e. The first kappa shape index (κ1) is 11.5. The predicted octanol–water partition coefficient (Wildman–Crippen LogP) is 2.98. The van der Waals surface area contributed by atoms with Gasteiger partial charge in [0.2, 0.25) is 0 Å². The molecule has 0 unspecified atom stereocenters. The summed E-state index contributed by atoms with van der Waals surface area (Å²) < 4.78 is 0. The van der Waals surface area contributed by atoms with Gasteiger partial charge in [-0.1, -0.05) is 30.7 Å². The zero-order valence-corrected chi connectivity index (χ0v) is 9.17. The van der Waals surface area contributed by atoms with E-state index in [0.29, 0.717) is 6.54 Å². The molecule has 3 heteroatoms. The predicted molar refractivity (Wildman–Crippen MR) is 58.8 cm³/mol. The average Bonchev–Trinajstić information content (AvgIpc) is 2.15. The zero-order valence-electron chi connectivity index (χ0n) is 8.41. The van der Waals surface area contributed by atoms with Gasteiger partial charge in [-0.15, -0.1) is 0 Å². The summed E-state index contributed by atoms with van der Waals surface area (Å²) in [6.45, 7) is 3.43.